The molecule has 4 aromatic rings. The minimum atomic E-state index is -2.93. The molecule has 5 heterocycles. The highest BCUT2D eigenvalue weighted by Crippen LogP contribution is 2.32. The summed E-state index contributed by atoms with van der Waals surface area (Å²) in [5.41, 5.74) is 3.57. The Morgan fingerprint density at radius 1 is 1.12 bits per heavy atom. The van der Waals surface area contributed by atoms with E-state index in [1.165, 1.54) is 0 Å². The van der Waals surface area contributed by atoms with E-state index in [0.29, 0.717) is 11.6 Å². The standard InChI is InChI=1S/C22H20F2N6OS/c1-12-5-19(30-20(6-12)31-17-10-25-11-22(17,23)24)29-18-8-15-16(9-27-18)32-21(28-15)14-3-4-26-13(2)7-14/h3-9,17,25H,10-11H2,1-2H3,(H,27,29,30). The van der Waals surface area contributed by atoms with Crippen LogP contribution in [0.4, 0.5) is 20.4 Å². The third-order valence-electron chi connectivity index (χ3n) is 5.05. The number of fused-ring (bicyclic) bond motifs is 1. The van der Waals surface area contributed by atoms with Crippen LogP contribution in [0.5, 0.6) is 5.88 Å². The fourth-order valence-electron chi connectivity index (χ4n) is 3.50. The van der Waals surface area contributed by atoms with Gasteiger partial charge in [0.2, 0.25) is 5.88 Å². The van der Waals surface area contributed by atoms with Gasteiger partial charge in [-0.05, 0) is 37.6 Å². The Kier molecular flexibility index (Phi) is 5.18. The fourth-order valence-corrected chi connectivity index (χ4v) is 4.41. The maximum Gasteiger partial charge on any atom is 0.297 e. The van der Waals surface area contributed by atoms with Crippen LogP contribution in [0.2, 0.25) is 0 Å². The van der Waals surface area contributed by atoms with Crippen molar-refractivity contribution in [3.8, 4) is 16.5 Å². The number of hydrogen-bond acceptors (Lipinski definition) is 8. The van der Waals surface area contributed by atoms with E-state index in [0.717, 1.165) is 32.0 Å². The van der Waals surface area contributed by atoms with Gasteiger partial charge >= 0.3 is 0 Å². The molecule has 1 fully saturated rings. The number of aryl methyl sites for hydroxylation is 2. The van der Waals surface area contributed by atoms with E-state index in [4.69, 9.17) is 9.72 Å². The molecule has 164 valence electrons. The van der Waals surface area contributed by atoms with Gasteiger partial charge < -0.3 is 15.4 Å². The average Bonchev–Trinajstić information content (AvgIpc) is 3.30. The second-order valence-electron chi connectivity index (χ2n) is 7.73. The maximum atomic E-state index is 13.9. The fraction of sp³-hybridized carbons (Fsp3) is 0.273. The third kappa shape index (κ3) is 4.23. The maximum absolute atomic E-state index is 13.9. The molecule has 0 spiro atoms. The molecule has 2 N–H and O–H groups in total. The van der Waals surface area contributed by atoms with E-state index >= 15 is 0 Å². The second-order valence-corrected chi connectivity index (χ2v) is 8.76. The van der Waals surface area contributed by atoms with Gasteiger partial charge in [0, 0.05) is 42.3 Å². The highest BCUT2D eigenvalue weighted by Gasteiger charge is 2.46. The van der Waals surface area contributed by atoms with Crippen molar-refractivity contribution in [2.75, 3.05) is 18.4 Å². The molecule has 5 rings (SSSR count). The number of halogens is 2. The smallest absolute Gasteiger partial charge is 0.297 e. The number of ether oxygens (including phenoxy) is 1. The second kappa shape index (κ2) is 8.03. The van der Waals surface area contributed by atoms with Gasteiger partial charge in [0.25, 0.3) is 5.92 Å². The Hall–Kier alpha value is -3.24. The lowest BCUT2D eigenvalue weighted by Crippen LogP contribution is -2.36. The number of anilines is 2. The molecule has 7 nitrogen and oxygen atoms in total. The van der Waals surface area contributed by atoms with Crippen molar-refractivity contribution in [1.82, 2.24) is 25.3 Å². The lowest BCUT2D eigenvalue weighted by atomic mass is 10.2. The zero-order valence-corrected chi connectivity index (χ0v) is 18.2. The SMILES string of the molecule is Cc1cc(Nc2cc3nc(-c4ccnc(C)c4)sc3cn2)nc(OC2CNCC2(F)F)c1. The molecule has 32 heavy (non-hydrogen) atoms. The van der Waals surface area contributed by atoms with E-state index in [9.17, 15) is 8.78 Å². The van der Waals surface area contributed by atoms with Gasteiger partial charge in [0.05, 0.1) is 16.8 Å². The van der Waals surface area contributed by atoms with Crippen molar-refractivity contribution >= 4 is 33.2 Å². The molecule has 0 radical (unpaired) electrons. The first-order chi connectivity index (χ1) is 15.4. The Balaban J connectivity index is 1.38. The van der Waals surface area contributed by atoms with Crippen molar-refractivity contribution in [2.24, 2.45) is 0 Å². The minimum absolute atomic E-state index is 0.0762. The number of aromatic nitrogens is 4. The van der Waals surface area contributed by atoms with Gasteiger partial charge in [-0.3, -0.25) is 4.98 Å². The summed E-state index contributed by atoms with van der Waals surface area (Å²) in [5.74, 6) is -1.77. The van der Waals surface area contributed by atoms with Gasteiger partial charge in [0.15, 0.2) is 6.10 Å². The number of rotatable bonds is 5. The van der Waals surface area contributed by atoms with Crippen LogP contribution >= 0.6 is 11.3 Å². The first kappa shape index (κ1) is 20.7. The summed E-state index contributed by atoms with van der Waals surface area (Å²) in [6.45, 7) is 3.47. The van der Waals surface area contributed by atoms with Crippen molar-refractivity contribution < 1.29 is 13.5 Å². The van der Waals surface area contributed by atoms with Crippen molar-refractivity contribution in [3.63, 3.8) is 0 Å². The largest absolute Gasteiger partial charge is 0.466 e. The summed E-state index contributed by atoms with van der Waals surface area (Å²) in [5, 5.41) is 6.67. The van der Waals surface area contributed by atoms with E-state index in [2.05, 4.69) is 25.6 Å². The van der Waals surface area contributed by atoms with Crippen molar-refractivity contribution in [1.29, 1.82) is 0 Å². The predicted octanol–water partition coefficient (Wildman–Crippen LogP) is 4.49. The molecule has 0 saturated carbocycles. The molecule has 0 aromatic carbocycles. The molecular formula is C22H20F2N6OS. The summed E-state index contributed by atoms with van der Waals surface area (Å²) >= 11 is 1.55. The van der Waals surface area contributed by atoms with Crippen LogP contribution in [-0.2, 0) is 0 Å². The highest BCUT2D eigenvalue weighted by molar-refractivity contribution is 7.21. The van der Waals surface area contributed by atoms with Gasteiger partial charge in [0.1, 0.15) is 16.6 Å². The summed E-state index contributed by atoms with van der Waals surface area (Å²) in [6, 6.07) is 9.20. The van der Waals surface area contributed by atoms with Crippen LogP contribution in [-0.4, -0.2) is 45.1 Å². The normalized spacial score (nSPS) is 17.6. The van der Waals surface area contributed by atoms with E-state index in [1.807, 2.05) is 32.0 Å². The van der Waals surface area contributed by atoms with Crippen LogP contribution in [0.1, 0.15) is 11.3 Å². The molecule has 1 aliphatic heterocycles. The molecule has 0 bridgehead atoms. The Morgan fingerprint density at radius 2 is 2.00 bits per heavy atom. The highest BCUT2D eigenvalue weighted by atomic mass is 32.1. The van der Waals surface area contributed by atoms with Crippen LogP contribution in [0.15, 0.2) is 42.7 Å². The van der Waals surface area contributed by atoms with Gasteiger partial charge in [-0.15, -0.1) is 11.3 Å². The average molecular weight is 455 g/mol. The van der Waals surface area contributed by atoms with E-state index in [-0.39, 0.29) is 12.4 Å². The van der Waals surface area contributed by atoms with E-state index < -0.39 is 18.6 Å². The lowest BCUT2D eigenvalue weighted by Gasteiger charge is -2.19. The molecule has 10 heteroatoms. The number of pyridine rings is 3. The Morgan fingerprint density at radius 3 is 2.78 bits per heavy atom. The first-order valence-corrected chi connectivity index (χ1v) is 10.9. The zero-order chi connectivity index (χ0) is 22.3. The zero-order valence-electron chi connectivity index (χ0n) is 17.4. The number of alkyl halides is 2. The molecule has 1 atom stereocenters. The topological polar surface area (TPSA) is 84.9 Å². The van der Waals surface area contributed by atoms with Crippen LogP contribution in [0.3, 0.4) is 0 Å². The Labute approximate surface area is 186 Å². The predicted molar refractivity (Wildman–Crippen MR) is 120 cm³/mol. The van der Waals surface area contributed by atoms with Crippen molar-refractivity contribution in [2.45, 2.75) is 25.9 Å². The summed E-state index contributed by atoms with van der Waals surface area (Å²) < 4.78 is 34.2. The molecule has 1 aliphatic rings. The number of nitrogens with zero attached hydrogens (tertiary/aromatic N) is 4. The lowest BCUT2D eigenvalue weighted by molar-refractivity contribution is -0.0612. The number of nitrogens with one attached hydrogen (secondary N) is 2. The van der Waals surface area contributed by atoms with Crippen LogP contribution in [0, 0.1) is 13.8 Å². The van der Waals surface area contributed by atoms with Crippen LogP contribution in [0.25, 0.3) is 20.8 Å². The molecule has 1 saturated heterocycles. The van der Waals surface area contributed by atoms with Gasteiger partial charge in [-0.25, -0.2) is 18.7 Å². The number of thiazole rings is 1. The molecular weight excluding hydrogens is 434 g/mol. The third-order valence-corrected chi connectivity index (χ3v) is 6.10. The molecule has 4 aromatic heterocycles. The summed E-state index contributed by atoms with van der Waals surface area (Å²) in [6.07, 6.45) is 2.28. The van der Waals surface area contributed by atoms with Gasteiger partial charge in [-0.1, -0.05) is 0 Å². The van der Waals surface area contributed by atoms with Gasteiger partial charge in [-0.2, -0.15) is 4.98 Å². The van der Waals surface area contributed by atoms with Crippen LogP contribution < -0.4 is 15.4 Å². The molecule has 1 unspecified atom stereocenters. The minimum Gasteiger partial charge on any atom is -0.466 e. The van der Waals surface area contributed by atoms with E-state index in [1.54, 1.807) is 35.9 Å². The number of hydrogen-bond donors (Lipinski definition) is 2. The summed E-state index contributed by atoms with van der Waals surface area (Å²) in [7, 11) is 0. The molecule has 0 amide bonds. The monoisotopic (exact) mass is 454 g/mol. The van der Waals surface area contributed by atoms with Crippen molar-refractivity contribution in [3.05, 3.63) is 54.0 Å². The quantitative estimate of drug-likeness (QED) is 0.459. The Bertz CT molecular complexity index is 1290. The first-order valence-electron chi connectivity index (χ1n) is 10.1. The molecule has 0 aliphatic carbocycles. The summed E-state index contributed by atoms with van der Waals surface area (Å²) in [4.78, 5) is 17.7.